The third-order valence-corrected chi connectivity index (χ3v) is 5.18. The van der Waals surface area contributed by atoms with Crippen LogP contribution in [0.1, 0.15) is 44.1 Å². The molecule has 1 heterocycles. The van der Waals surface area contributed by atoms with Gasteiger partial charge in [0.25, 0.3) is 0 Å². The van der Waals surface area contributed by atoms with Crippen molar-refractivity contribution >= 4 is 11.9 Å². The molecule has 24 heavy (non-hydrogen) atoms. The lowest BCUT2D eigenvalue weighted by Gasteiger charge is -2.27. The number of halogens is 2. The van der Waals surface area contributed by atoms with Crippen LogP contribution in [0, 0.1) is 17.0 Å². The number of carboxylic acids is 1. The van der Waals surface area contributed by atoms with Crippen molar-refractivity contribution in [1.29, 1.82) is 0 Å². The summed E-state index contributed by atoms with van der Waals surface area (Å²) in [6.45, 7) is 0.621. The van der Waals surface area contributed by atoms with Gasteiger partial charge < -0.3 is 10.0 Å². The lowest BCUT2D eigenvalue weighted by atomic mass is 9.96. The Balaban J connectivity index is 1.64. The van der Waals surface area contributed by atoms with E-state index in [1.54, 1.807) is 4.90 Å². The van der Waals surface area contributed by atoms with E-state index in [1.165, 1.54) is 12.1 Å². The summed E-state index contributed by atoms with van der Waals surface area (Å²) >= 11 is 0. The van der Waals surface area contributed by atoms with Crippen LogP contribution in [0.2, 0.25) is 0 Å². The van der Waals surface area contributed by atoms with E-state index >= 15 is 0 Å². The second-order valence-electron chi connectivity index (χ2n) is 7.07. The highest BCUT2D eigenvalue weighted by Gasteiger charge is 2.47. The number of carboxylic acid groups (broad SMARTS) is 1. The highest BCUT2D eigenvalue weighted by atomic mass is 19.1. The lowest BCUT2D eigenvalue weighted by molar-refractivity contribution is -0.139. The minimum atomic E-state index is -0.869. The number of aliphatic carboxylic acids is 1. The number of likely N-dealkylation sites (tertiary alicyclic amines) is 1. The van der Waals surface area contributed by atoms with Crippen molar-refractivity contribution in [3.8, 4) is 0 Å². The minimum Gasteiger partial charge on any atom is -0.481 e. The van der Waals surface area contributed by atoms with Crippen LogP contribution in [-0.2, 0) is 16.0 Å². The molecule has 1 aliphatic carbocycles. The predicted molar refractivity (Wildman–Crippen MR) is 83.3 cm³/mol. The van der Waals surface area contributed by atoms with Crippen LogP contribution in [0.15, 0.2) is 18.2 Å². The van der Waals surface area contributed by atoms with E-state index in [9.17, 15) is 18.4 Å². The van der Waals surface area contributed by atoms with Crippen LogP contribution in [0.4, 0.5) is 8.78 Å². The fourth-order valence-corrected chi connectivity index (χ4v) is 3.65. The van der Waals surface area contributed by atoms with Gasteiger partial charge >= 0.3 is 5.97 Å². The number of nitrogens with zero attached hydrogens (tertiary/aromatic N) is 1. The molecule has 1 aromatic rings. The molecule has 0 spiro atoms. The topological polar surface area (TPSA) is 57.6 Å². The summed E-state index contributed by atoms with van der Waals surface area (Å²) in [5.41, 5.74) is 0.0322. The van der Waals surface area contributed by atoms with Crippen LogP contribution in [0.25, 0.3) is 0 Å². The number of carbonyl (C=O) groups excluding carboxylic acids is 1. The van der Waals surface area contributed by atoms with E-state index in [4.69, 9.17) is 5.11 Å². The monoisotopic (exact) mass is 337 g/mol. The van der Waals surface area contributed by atoms with Gasteiger partial charge in [-0.25, -0.2) is 8.78 Å². The number of benzene rings is 1. The maximum Gasteiger partial charge on any atom is 0.303 e. The molecule has 3 rings (SSSR count). The van der Waals surface area contributed by atoms with Crippen molar-refractivity contribution in [1.82, 2.24) is 4.90 Å². The molecule has 2 aliphatic rings. The highest BCUT2D eigenvalue weighted by molar-refractivity contribution is 5.79. The first kappa shape index (κ1) is 16.9. The van der Waals surface area contributed by atoms with Gasteiger partial charge in [0.2, 0.25) is 5.91 Å². The van der Waals surface area contributed by atoms with E-state index in [1.807, 2.05) is 0 Å². The normalized spacial score (nSPS) is 21.8. The Hall–Kier alpha value is -1.98. The number of amides is 1. The average molecular weight is 337 g/mol. The van der Waals surface area contributed by atoms with Gasteiger partial charge in [0.1, 0.15) is 11.6 Å². The molecule has 1 N–H and O–H groups in total. The summed E-state index contributed by atoms with van der Waals surface area (Å²) in [6.07, 6.45) is 3.83. The molecule has 4 nitrogen and oxygen atoms in total. The summed E-state index contributed by atoms with van der Waals surface area (Å²) in [4.78, 5) is 25.3. The Bertz CT molecular complexity index is 658. The fourth-order valence-electron chi connectivity index (χ4n) is 3.65. The van der Waals surface area contributed by atoms with E-state index in [2.05, 4.69) is 0 Å². The van der Waals surface area contributed by atoms with Gasteiger partial charge in [0, 0.05) is 25.1 Å². The SMILES string of the molecule is O=C(O)CC1(CC(=O)N2CCCC2Cc2ccc(F)cc2F)CC1. The summed E-state index contributed by atoms with van der Waals surface area (Å²) in [5, 5.41) is 8.97. The molecule has 6 heteroatoms. The summed E-state index contributed by atoms with van der Waals surface area (Å²) < 4.78 is 26.9. The predicted octanol–water partition coefficient (Wildman–Crippen LogP) is 3.14. The van der Waals surface area contributed by atoms with Crippen molar-refractivity contribution in [3.63, 3.8) is 0 Å². The summed E-state index contributed by atoms with van der Waals surface area (Å²) in [5.74, 6) is -2.11. The van der Waals surface area contributed by atoms with Crippen LogP contribution >= 0.6 is 0 Å². The molecule has 1 atom stereocenters. The Morgan fingerprint density at radius 3 is 2.62 bits per heavy atom. The van der Waals surface area contributed by atoms with Gasteiger partial charge in [0.05, 0.1) is 6.42 Å². The van der Waals surface area contributed by atoms with Gasteiger partial charge in [-0.05, 0) is 49.1 Å². The van der Waals surface area contributed by atoms with Gasteiger partial charge in [-0.15, -0.1) is 0 Å². The van der Waals surface area contributed by atoms with Gasteiger partial charge in [0.15, 0.2) is 0 Å². The molecule has 0 bridgehead atoms. The smallest absolute Gasteiger partial charge is 0.303 e. The Kier molecular flexibility index (Phi) is 4.56. The highest BCUT2D eigenvalue weighted by Crippen LogP contribution is 2.52. The van der Waals surface area contributed by atoms with Crippen molar-refractivity contribution in [2.24, 2.45) is 5.41 Å². The van der Waals surface area contributed by atoms with E-state index in [0.717, 1.165) is 31.7 Å². The average Bonchev–Trinajstić information content (AvgIpc) is 3.07. The lowest BCUT2D eigenvalue weighted by Crippen LogP contribution is -2.38. The number of carbonyl (C=O) groups is 2. The molecule has 1 unspecified atom stereocenters. The molecule has 130 valence electrons. The summed E-state index contributed by atoms with van der Waals surface area (Å²) in [6, 6.07) is 3.42. The number of hydrogen-bond acceptors (Lipinski definition) is 2. The third kappa shape index (κ3) is 3.74. The summed E-state index contributed by atoms with van der Waals surface area (Å²) in [7, 11) is 0. The maximum atomic E-state index is 13.8. The number of rotatable bonds is 6. The zero-order valence-electron chi connectivity index (χ0n) is 13.4. The van der Waals surface area contributed by atoms with Crippen LogP contribution < -0.4 is 0 Å². The minimum absolute atomic E-state index is 0.0316. The fraction of sp³-hybridized carbons (Fsp3) is 0.556. The molecular weight excluding hydrogens is 316 g/mol. The van der Waals surface area contributed by atoms with Gasteiger partial charge in [-0.3, -0.25) is 9.59 Å². The Labute approximate surface area is 139 Å². The molecule has 1 saturated carbocycles. The molecule has 1 aromatic carbocycles. The zero-order valence-corrected chi connectivity index (χ0v) is 13.4. The standard InChI is InChI=1S/C18H21F2NO3/c19-13-4-3-12(15(20)9-13)8-14-2-1-7-21(14)16(22)10-18(5-6-18)11-17(23)24/h3-4,9,14H,1-2,5-8,10-11H2,(H,23,24). The molecule has 1 aliphatic heterocycles. The first-order chi connectivity index (χ1) is 11.4. The van der Waals surface area contributed by atoms with Gasteiger partial charge in [-0.2, -0.15) is 0 Å². The van der Waals surface area contributed by atoms with Crippen molar-refractivity contribution in [2.75, 3.05) is 6.54 Å². The van der Waals surface area contributed by atoms with Crippen LogP contribution in [0.3, 0.4) is 0 Å². The van der Waals surface area contributed by atoms with E-state index in [-0.39, 0.29) is 30.2 Å². The van der Waals surface area contributed by atoms with Crippen molar-refractivity contribution in [2.45, 2.75) is 51.0 Å². The molecule has 1 saturated heterocycles. The first-order valence-electron chi connectivity index (χ1n) is 8.34. The molecule has 1 amide bonds. The molecular formula is C18H21F2NO3. The zero-order chi connectivity index (χ0) is 17.3. The van der Waals surface area contributed by atoms with Crippen LogP contribution in [0.5, 0.6) is 0 Å². The number of hydrogen-bond donors (Lipinski definition) is 1. The quantitative estimate of drug-likeness (QED) is 0.867. The second kappa shape index (κ2) is 6.49. The van der Waals surface area contributed by atoms with Crippen LogP contribution in [-0.4, -0.2) is 34.5 Å². The first-order valence-corrected chi connectivity index (χ1v) is 8.34. The van der Waals surface area contributed by atoms with Crippen molar-refractivity contribution < 1.29 is 23.5 Å². The largest absolute Gasteiger partial charge is 0.481 e. The molecule has 0 aromatic heterocycles. The maximum absolute atomic E-state index is 13.8. The Morgan fingerprint density at radius 2 is 2.00 bits per heavy atom. The Morgan fingerprint density at radius 1 is 1.25 bits per heavy atom. The molecule has 2 fully saturated rings. The second-order valence-corrected chi connectivity index (χ2v) is 7.07. The van der Waals surface area contributed by atoms with Crippen molar-refractivity contribution in [3.05, 3.63) is 35.4 Å². The third-order valence-electron chi connectivity index (χ3n) is 5.18. The van der Waals surface area contributed by atoms with E-state index < -0.39 is 17.6 Å². The molecule has 0 radical (unpaired) electrons. The van der Waals surface area contributed by atoms with Gasteiger partial charge in [-0.1, -0.05) is 6.07 Å². The van der Waals surface area contributed by atoms with E-state index in [0.29, 0.717) is 18.5 Å².